The van der Waals surface area contributed by atoms with Crippen molar-refractivity contribution in [3.8, 4) is 0 Å². The average Bonchev–Trinajstić information content (AvgIpc) is 2.98. The summed E-state index contributed by atoms with van der Waals surface area (Å²) in [4.78, 5) is 41.3. The first-order valence-corrected chi connectivity index (χ1v) is 8.70. The van der Waals surface area contributed by atoms with Gasteiger partial charge in [0.1, 0.15) is 5.69 Å². The molecular weight excluding hydrogens is 346 g/mol. The van der Waals surface area contributed by atoms with Gasteiger partial charge in [0, 0.05) is 18.4 Å². The maximum atomic E-state index is 12.8. The molecule has 1 aromatic carbocycles. The zero-order valence-electron chi connectivity index (χ0n) is 16.3. The number of hydrogen-bond acceptors (Lipinski definition) is 4. The highest BCUT2D eigenvalue weighted by Gasteiger charge is 2.26. The molecule has 0 spiro atoms. The monoisotopic (exact) mass is 371 g/mol. The summed E-state index contributed by atoms with van der Waals surface area (Å²) in [6.45, 7) is 5.42. The Balaban J connectivity index is 2.12. The molecule has 2 amide bonds. The van der Waals surface area contributed by atoms with Crippen molar-refractivity contribution in [2.75, 3.05) is 26.0 Å². The van der Waals surface area contributed by atoms with E-state index in [1.807, 2.05) is 26.0 Å². The van der Waals surface area contributed by atoms with Crippen molar-refractivity contribution in [3.63, 3.8) is 0 Å². The number of likely N-dealkylation sites (N-methyl/N-ethyl adjacent to an activating group) is 1. The molecule has 0 fully saturated rings. The van der Waals surface area contributed by atoms with E-state index in [-0.39, 0.29) is 24.1 Å². The van der Waals surface area contributed by atoms with Gasteiger partial charge in [0.2, 0.25) is 5.91 Å². The fraction of sp³-hybridized carbons (Fsp3) is 0.350. The maximum absolute atomic E-state index is 12.8. The second-order valence-electron chi connectivity index (χ2n) is 6.40. The van der Waals surface area contributed by atoms with Gasteiger partial charge >= 0.3 is 5.97 Å². The molecule has 7 nitrogen and oxygen atoms in total. The largest absolute Gasteiger partial charge is 0.465 e. The standard InChI is InChI=1S/C20H25N3O4/c1-6-15-17(20(26)27-5)13(3)18(22-15)19(25)23(4)11-16(24)21-14-9-7-12(2)8-10-14/h7-10,22H,6,11H2,1-5H3,(H,21,24). The number of anilines is 1. The number of aryl methyl sites for hydroxylation is 2. The van der Waals surface area contributed by atoms with E-state index in [4.69, 9.17) is 4.74 Å². The van der Waals surface area contributed by atoms with Crippen molar-refractivity contribution in [1.82, 2.24) is 9.88 Å². The Morgan fingerprint density at radius 3 is 2.33 bits per heavy atom. The van der Waals surface area contributed by atoms with E-state index in [1.165, 1.54) is 12.0 Å². The van der Waals surface area contributed by atoms with Crippen LogP contribution in [0.1, 0.15) is 44.6 Å². The quantitative estimate of drug-likeness (QED) is 0.764. The lowest BCUT2D eigenvalue weighted by molar-refractivity contribution is -0.116. The molecule has 0 unspecified atom stereocenters. The number of amides is 2. The van der Waals surface area contributed by atoms with Gasteiger partial charge in [-0.05, 0) is 38.0 Å². The Morgan fingerprint density at radius 1 is 1.15 bits per heavy atom. The van der Waals surface area contributed by atoms with E-state index < -0.39 is 5.97 Å². The van der Waals surface area contributed by atoms with Crippen molar-refractivity contribution >= 4 is 23.5 Å². The average molecular weight is 371 g/mol. The molecule has 0 aliphatic heterocycles. The number of aromatic amines is 1. The second-order valence-corrected chi connectivity index (χ2v) is 6.40. The zero-order valence-corrected chi connectivity index (χ0v) is 16.3. The molecule has 7 heteroatoms. The Hall–Kier alpha value is -3.09. The molecule has 0 aliphatic carbocycles. The van der Waals surface area contributed by atoms with Gasteiger partial charge in [-0.2, -0.15) is 0 Å². The van der Waals surface area contributed by atoms with Crippen LogP contribution in [-0.2, 0) is 16.0 Å². The smallest absolute Gasteiger partial charge is 0.339 e. The third-order valence-corrected chi connectivity index (χ3v) is 4.35. The zero-order chi connectivity index (χ0) is 20.1. The number of ether oxygens (including phenoxy) is 1. The summed E-state index contributed by atoms with van der Waals surface area (Å²) in [5, 5.41) is 2.76. The lowest BCUT2D eigenvalue weighted by atomic mass is 10.1. The molecule has 0 saturated heterocycles. The third-order valence-electron chi connectivity index (χ3n) is 4.35. The second kappa shape index (κ2) is 8.53. The molecule has 2 rings (SSSR count). The van der Waals surface area contributed by atoms with Gasteiger partial charge in [0.05, 0.1) is 19.2 Å². The summed E-state index contributed by atoms with van der Waals surface area (Å²) in [6.07, 6.45) is 0.552. The van der Waals surface area contributed by atoms with Crippen molar-refractivity contribution < 1.29 is 19.1 Å². The molecule has 2 aromatic rings. The van der Waals surface area contributed by atoms with Crippen LogP contribution >= 0.6 is 0 Å². The molecule has 1 heterocycles. The predicted octanol–water partition coefficient (Wildman–Crippen LogP) is 2.69. The van der Waals surface area contributed by atoms with Crippen LogP contribution < -0.4 is 5.32 Å². The van der Waals surface area contributed by atoms with Gasteiger partial charge < -0.3 is 19.9 Å². The number of nitrogens with zero attached hydrogens (tertiary/aromatic N) is 1. The predicted molar refractivity (Wildman–Crippen MR) is 103 cm³/mol. The number of H-pyrrole nitrogens is 1. The highest BCUT2D eigenvalue weighted by Crippen LogP contribution is 2.21. The minimum absolute atomic E-state index is 0.111. The number of methoxy groups -OCH3 is 1. The summed E-state index contributed by atoms with van der Waals surface area (Å²) >= 11 is 0. The molecular formula is C20H25N3O4. The molecule has 2 N–H and O–H groups in total. The van der Waals surface area contributed by atoms with E-state index in [0.717, 1.165) is 5.56 Å². The summed E-state index contributed by atoms with van der Waals surface area (Å²) < 4.78 is 4.80. The normalized spacial score (nSPS) is 10.4. The Labute approximate surface area is 158 Å². The minimum atomic E-state index is -0.487. The van der Waals surface area contributed by atoms with Gasteiger partial charge in [-0.25, -0.2) is 4.79 Å². The fourth-order valence-corrected chi connectivity index (χ4v) is 2.83. The van der Waals surface area contributed by atoms with E-state index in [0.29, 0.717) is 28.9 Å². The van der Waals surface area contributed by atoms with Crippen molar-refractivity contribution in [2.24, 2.45) is 0 Å². The van der Waals surface area contributed by atoms with Crippen LogP contribution in [0.5, 0.6) is 0 Å². The molecule has 0 bridgehead atoms. The van der Waals surface area contributed by atoms with E-state index in [1.54, 1.807) is 26.1 Å². The van der Waals surface area contributed by atoms with E-state index in [2.05, 4.69) is 10.3 Å². The van der Waals surface area contributed by atoms with Crippen LogP contribution in [0.4, 0.5) is 5.69 Å². The highest BCUT2D eigenvalue weighted by molar-refractivity contribution is 6.02. The van der Waals surface area contributed by atoms with E-state index >= 15 is 0 Å². The van der Waals surface area contributed by atoms with Crippen LogP contribution in [0, 0.1) is 13.8 Å². The van der Waals surface area contributed by atoms with Crippen LogP contribution in [0.25, 0.3) is 0 Å². The molecule has 0 aliphatic rings. The van der Waals surface area contributed by atoms with Crippen LogP contribution in [0.3, 0.4) is 0 Å². The first kappa shape index (κ1) is 20.2. The van der Waals surface area contributed by atoms with Gasteiger partial charge in [-0.3, -0.25) is 9.59 Å². The molecule has 144 valence electrons. The number of aromatic nitrogens is 1. The number of hydrogen-bond donors (Lipinski definition) is 2. The lowest BCUT2D eigenvalue weighted by Gasteiger charge is -2.16. The maximum Gasteiger partial charge on any atom is 0.339 e. The number of carbonyl (C=O) groups is 3. The summed E-state index contributed by atoms with van der Waals surface area (Å²) in [5.41, 5.74) is 3.59. The Morgan fingerprint density at radius 2 is 1.78 bits per heavy atom. The summed E-state index contributed by atoms with van der Waals surface area (Å²) in [7, 11) is 2.85. The first-order chi connectivity index (χ1) is 12.8. The lowest BCUT2D eigenvalue weighted by Crippen LogP contribution is -2.35. The number of benzene rings is 1. The van der Waals surface area contributed by atoms with E-state index in [9.17, 15) is 14.4 Å². The van der Waals surface area contributed by atoms with Gasteiger partial charge in [0.25, 0.3) is 5.91 Å². The summed E-state index contributed by atoms with van der Waals surface area (Å²) in [6, 6.07) is 7.40. The molecule has 27 heavy (non-hydrogen) atoms. The molecule has 0 atom stereocenters. The van der Waals surface area contributed by atoms with Gasteiger partial charge in [-0.1, -0.05) is 24.6 Å². The van der Waals surface area contributed by atoms with Crippen LogP contribution in [-0.4, -0.2) is 48.4 Å². The SMILES string of the molecule is CCc1[nH]c(C(=O)N(C)CC(=O)Nc2ccc(C)cc2)c(C)c1C(=O)OC. The number of esters is 1. The van der Waals surface area contributed by atoms with Crippen molar-refractivity contribution in [2.45, 2.75) is 27.2 Å². The Kier molecular flexibility index (Phi) is 6.39. The third kappa shape index (κ3) is 4.55. The number of rotatable bonds is 6. The molecule has 0 saturated carbocycles. The first-order valence-electron chi connectivity index (χ1n) is 8.70. The Bertz CT molecular complexity index is 853. The number of carbonyl (C=O) groups excluding carboxylic acids is 3. The van der Waals surface area contributed by atoms with Crippen LogP contribution in [0.15, 0.2) is 24.3 Å². The number of nitrogens with one attached hydrogen (secondary N) is 2. The van der Waals surface area contributed by atoms with Crippen molar-refractivity contribution in [1.29, 1.82) is 0 Å². The fourth-order valence-electron chi connectivity index (χ4n) is 2.83. The van der Waals surface area contributed by atoms with Crippen molar-refractivity contribution in [3.05, 3.63) is 52.3 Å². The minimum Gasteiger partial charge on any atom is -0.465 e. The van der Waals surface area contributed by atoms with Gasteiger partial charge in [-0.15, -0.1) is 0 Å². The summed E-state index contributed by atoms with van der Waals surface area (Å²) in [5.74, 6) is -1.15. The topological polar surface area (TPSA) is 91.5 Å². The molecule has 1 aromatic heterocycles. The van der Waals surface area contributed by atoms with Gasteiger partial charge in [0.15, 0.2) is 0 Å². The van der Waals surface area contributed by atoms with Crippen LogP contribution in [0.2, 0.25) is 0 Å². The molecule has 0 radical (unpaired) electrons. The highest BCUT2D eigenvalue weighted by atomic mass is 16.5.